The minimum Gasteiger partial charge on any atom is -0.354 e. The van der Waals surface area contributed by atoms with Crippen LogP contribution in [-0.4, -0.2) is 61.9 Å². The van der Waals surface area contributed by atoms with Crippen LogP contribution in [0.15, 0.2) is 24.3 Å². The van der Waals surface area contributed by atoms with Crippen molar-refractivity contribution in [3.63, 3.8) is 0 Å². The highest BCUT2D eigenvalue weighted by Crippen LogP contribution is 2.11. The predicted octanol–water partition coefficient (Wildman–Crippen LogP) is 6.66. The monoisotopic (exact) mass is 701 g/mol. The van der Waals surface area contributed by atoms with Gasteiger partial charge >= 0.3 is 0 Å². The minimum absolute atomic E-state index is 0.185. The Bertz CT molecular complexity index is 954. The van der Waals surface area contributed by atoms with Gasteiger partial charge in [0.05, 0.1) is 0 Å². The third-order valence-electron chi connectivity index (χ3n) is 9.21. The number of unbranched alkanes of at least 4 members (excludes halogenated alkanes) is 16. The van der Waals surface area contributed by atoms with E-state index in [1.807, 2.05) is 0 Å². The van der Waals surface area contributed by atoms with E-state index < -0.39 is 12.1 Å². The second-order valence-electron chi connectivity index (χ2n) is 13.7. The van der Waals surface area contributed by atoms with E-state index in [1.165, 1.54) is 77.0 Å². The van der Waals surface area contributed by atoms with Crippen molar-refractivity contribution in [3.05, 3.63) is 35.4 Å². The molecule has 0 heterocycles. The predicted molar refractivity (Wildman–Crippen MR) is 206 cm³/mol. The highest BCUT2D eigenvalue weighted by Gasteiger charge is 2.23. The number of nitrogens with two attached hydrogens (primary N) is 2. The molecule has 8 N–H and O–H groups in total. The average molecular weight is 701 g/mol. The molecule has 4 amide bonds. The van der Waals surface area contributed by atoms with Gasteiger partial charge in [-0.2, -0.15) is 0 Å². The molecular formula is C40H72N6O4. The zero-order chi connectivity index (χ0) is 36.7. The van der Waals surface area contributed by atoms with E-state index in [0.717, 1.165) is 51.4 Å². The summed E-state index contributed by atoms with van der Waals surface area (Å²) < 4.78 is 0. The third kappa shape index (κ3) is 22.0. The van der Waals surface area contributed by atoms with Crippen molar-refractivity contribution in [3.8, 4) is 0 Å². The molecule has 0 spiro atoms. The molecule has 1 aromatic rings. The van der Waals surface area contributed by atoms with Crippen LogP contribution in [0.3, 0.4) is 0 Å². The Morgan fingerprint density at radius 2 is 0.800 bits per heavy atom. The van der Waals surface area contributed by atoms with E-state index in [2.05, 4.69) is 35.1 Å². The summed E-state index contributed by atoms with van der Waals surface area (Å²) in [5.41, 5.74) is 12.0. The first-order chi connectivity index (χ1) is 24.4. The summed E-state index contributed by atoms with van der Waals surface area (Å²) in [6, 6.07) is 4.97. The SMILES string of the molecule is CCCCCCCCCCNC(=O)[C@H](CCCCN)NC(=O)c1ccc(C(=O)N[C@@H](CCCCN)C(=O)NCCCCCCCCCC)cc1. The van der Waals surface area contributed by atoms with Gasteiger partial charge in [0, 0.05) is 24.2 Å². The van der Waals surface area contributed by atoms with Crippen LogP contribution >= 0.6 is 0 Å². The van der Waals surface area contributed by atoms with Crippen molar-refractivity contribution in [2.24, 2.45) is 11.5 Å². The fourth-order valence-electron chi connectivity index (χ4n) is 5.97. The molecular weight excluding hydrogens is 628 g/mol. The van der Waals surface area contributed by atoms with Gasteiger partial charge in [-0.3, -0.25) is 19.2 Å². The molecule has 0 radical (unpaired) electrons. The summed E-state index contributed by atoms with van der Waals surface area (Å²) in [6.07, 6.45) is 23.0. The number of carbonyl (C=O) groups is 4. The van der Waals surface area contributed by atoms with E-state index >= 15 is 0 Å². The Labute approximate surface area is 303 Å². The number of hydrogen-bond donors (Lipinski definition) is 6. The zero-order valence-electron chi connectivity index (χ0n) is 31.6. The molecule has 0 unspecified atom stereocenters. The maximum absolute atomic E-state index is 13.2. The number of rotatable bonds is 32. The Balaban J connectivity index is 2.65. The molecule has 1 aromatic carbocycles. The van der Waals surface area contributed by atoms with Gasteiger partial charge in [0.1, 0.15) is 12.1 Å². The highest BCUT2D eigenvalue weighted by molar-refractivity contribution is 6.00. The molecule has 0 aliphatic rings. The van der Waals surface area contributed by atoms with Crippen molar-refractivity contribution < 1.29 is 19.2 Å². The summed E-state index contributed by atoms with van der Waals surface area (Å²) in [6.45, 7) is 6.67. The lowest BCUT2D eigenvalue weighted by molar-refractivity contribution is -0.123. The summed E-state index contributed by atoms with van der Waals surface area (Å²) in [5.74, 6) is -1.12. The number of hydrogen-bond acceptors (Lipinski definition) is 6. The smallest absolute Gasteiger partial charge is 0.251 e. The standard InChI is InChI=1S/C40H72N6O4/c1-3-5-7-9-11-13-15-21-31-43-39(49)35(23-17-19-29-41)45-37(47)33-25-27-34(28-26-33)38(48)46-36(24-18-20-30-42)40(50)44-32-22-16-14-12-10-8-6-4-2/h25-28,35-36H,3-24,29-32,41-42H2,1-2H3,(H,43,49)(H,44,50)(H,45,47)(H,46,48)/t35-,36-/m0/s1. The molecule has 10 heteroatoms. The van der Waals surface area contributed by atoms with Crippen LogP contribution in [0.1, 0.15) is 176 Å². The van der Waals surface area contributed by atoms with Crippen molar-refractivity contribution in [2.45, 2.75) is 167 Å². The Morgan fingerprint density at radius 3 is 1.12 bits per heavy atom. The van der Waals surface area contributed by atoms with E-state index in [1.54, 1.807) is 24.3 Å². The highest BCUT2D eigenvalue weighted by atomic mass is 16.2. The molecule has 0 bridgehead atoms. The molecule has 0 aliphatic heterocycles. The lowest BCUT2D eigenvalue weighted by atomic mass is 10.1. The van der Waals surface area contributed by atoms with Crippen molar-refractivity contribution in [1.82, 2.24) is 21.3 Å². The van der Waals surface area contributed by atoms with Crippen molar-refractivity contribution in [2.75, 3.05) is 26.2 Å². The van der Waals surface area contributed by atoms with Crippen LogP contribution in [0.5, 0.6) is 0 Å². The molecule has 0 saturated carbocycles. The van der Waals surface area contributed by atoms with Crippen LogP contribution in [0, 0.1) is 0 Å². The summed E-state index contributed by atoms with van der Waals surface area (Å²) in [5, 5.41) is 11.8. The van der Waals surface area contributed by atoms with Gasteiger partial charge in [-0.1, -0.05) is 104 Å². The first-order valence-corrected chi connectivity index (χ1v) is 20.0. The summed E-state index contributed by atoms with van der Waals surface area (Å²) >= 11 is 0. The van der Waals surface area contributed by atoms with Crippen LogP contribution in [-0.2, 0) is 9.59 Å². The lowest BCUT2D eigenvalue weighted by Crippen LogP contribution is -2.47. The maximum atomic E-state index is 13.2. The fraction of sp³-hybridized carbons (Fsp3) is 0.750. The number of amides is 4. The molecule has 0 aliphatic carbocycles. The summed E-state index contributed by atoms with van der Waals surface area (Å²) in [7, 11) is 0. The molecule has 1 rings (SSSR count). The number of carbonyl (C=O) groups excluding carboxylic acids is 4. The van der Waals surface area contributed by atoms with E-state index in [9.17, 15) is 19.2 Å². The maximum Gasteiger partial charge on any atom is 0.251 e. The lowest BCUT2D eigenvalue weighted by Gasteiger charge is -2.19. The number of nitrogens with one attached hydrogen (secondary N) is 4. The number of benzene rings is 1. The first kappa shape index (κ1) is 45.0. The molecule has 50 heavy (non-hydrogen) atoms. The molecule has 0 fully saturated rings. The van der Waals surface area contributed by atoms with Crippen LogP contribution in [0.25, 0.3) is 0 Å². The van der Waals surface area contributed by atoms with Crippen LogP contribution in [0.4, 0.5) is 0 Å². The summed E-state index contributed by atoms with van der Waals surface area (Å²) in [4.78, 5) is 52.3. The second-order valence-corrected chi connectivity index (χ2v) is 13.7. The van der Waals surface area contributed by atoms with Gasteiger partial charge in [-0.05, 0) is 88.7 Å². The van der Waals surface area contributed by atoms with Crippen molar-refractivity contribution >= 4 is 23.6 Å². The van der Waals surface area contributed by atoms with Gasteiger partial charge < -0.3 is 32.7 Å². The van der Waals surface area contributed by atoms with Gasteiger partial charge in [0.2, 0.25) is 11.8 Å². The quantitative estimate of drug-likeness (QED) is 0.0460. The molecule has 0 saturated heterocycles. The molecule has 2 atom stereocenters. The first-order valence-electron chi connectivity index (χ1n) is 20.0. The second kappa shape index (κ2) is 30.8. The zero-order valence-corrected chi connectivity index (χ0v) is 31.6. The van der Waals surface area contributed by atoms with E-state index in [0.29, 0.717) is 50.1 Å². The van der Waals surface area contributed by atoms with Gasteiger partial charge in [0.15, 0.2) is 0 Å². The fourth-order valence-corrected chi connectivity index (χ4v) is 5.97. The molecule has 0 aromatic heterocycles. The van der Waals surface area contributed by atoms with Crippen LogP contribution < -0.4 is 32.7 Å². The van der Waals surface area contributed by atoms with E-state index in [-0.39, 0.29) is 23.6 Å². The van der Waals surface area contributed by atoms with Crippen LogP contribution in [0.2, 0.25) is 0 Å². The third-order valence-corrected chi connectivity index (χ3v) is 9.21. The largest absolute Gasteiger partial charge is 0.354 e. The van der Waals surface area contributed by atoms with Gasteiger partial charge in [0.25, 0.3) is 11.8 Å². The van der Waals surface area contributed by atoms with Gasteiger partial charge in [-0.15, -0.1) is 0 Å². The minimum atomic E-state index is -0.662. The van der Waals surface area contributed by atoms with Crippen molar-refractivity contribution in [1.29, 1.82) is 0 Å². The molecule has 10 nitrogen and oxygen atoms in total. The van der Waals surface area contributed by atoms with Gasteiger partial charge in [-0.25, -0.2) is 0 Å². The average Bonchev–Trinajstić information content (AvgIpc) is 3.12. The Morgan fingerprint density at radius 1 is 0.480 bits per heavy atom. The topological polar surface area (TPSA) is 168 Å². The molecule has 286 valence electrons. The van der Waals surface area contributed by atoms with E-state index in [4.69, 9.17) is 11.5 Å². The Hall–Kier alpha value is -2.98. The Kier molecular flexibility index (Phi) is 27.8. The normalized spacial score (nSPS) is 12.2.